The largest absolute Gasteiger partial charge is 0.507 e. The number of ketones is 1. The summed E-state index contributed by atoms with van der Waals surface area (Å²) < 4.78 is 31.3. The van der Waals surface area contributed by atoms with Gasteiger partial charge < -0.3 is 19.3 Å². The number of hydrogen-bond acceptors (Lipinski definition) is 10. The average molecular weight is 620 g/mol. The number of anilines is 1. The number of aliphatic hydroxyl groups excluding tert-OH is 1. The molecule has 12 heteroatoms. The molecule has 9 nitrogen and oxygen atoms in total. The maximum Gasteiger partial charge on any atom is 0.301 e. The molecule has 1 amide bonds. The third-order valence-corrected chi connectivity index (χ3v) is 9.35. The zero-order valence-electron chi connectivity index (χ0n) is 23.4. The summed E-state index contributed by atoms with van der Waals surface area (Å²) in [5.41, 5.74) is 2.18. The number of amides is 1. The van der Waals surface area contributed by atoms with E-state index >= 15 is 0 Å². The molecule has 3 heterocycles. The fourth-order valence-corrected chi connectivity index (χ4v) is 7.06. The summed E-state index contributed by atoms with van der Waals surface area (Å²) in [5, 5.41) is 20.2. The van der Waals surface area contributed by atoms with Crippen molar-refractivity contribution in [3.05, 3.63) is 94.3 Å². The van der Waals surface area contributed by atoms with E-state index in [4.69, 9.17) is 14.2 Å². The van der Waals surface area contributed by atoms with Crippen molar-refractivity contribution in [1.82, 2.24) is 10.2 Å². The number of halogens is 1. The predicted octanol–water partition coefficient (Wildman–Crippen LogP) is 5.94. The van der Waals surface area contributed by atoms with E-state index in [-0.39, 0.29) is 28.4 Å². The number of thioether (sulfide) groups is 1. The summed E-state index contributed by atoms with van der Waals surface area (Å²) >= 11 is 2.36. The van der Waals surface area contributed by atoms with Crippen molar-refractivity contribution >= 4 is 45.7 Å². The highest BCUT2D eigenvalue weighted by molar-refractivity contribution is 8.00. The lowest BCUT2D eigenvalue weighted by atomic mass is 9.94. The SMILES string of the molecule is COc1ccc(C2/C(=C(\O)c3ccc4c(c3)CC(C)O4)C(=O)C(=O)N2c2nnc(SCc3ccccc3F)s2)cc1OC. The molecule has 6 rings (SSSR count). The second-order valence-electron chi connectivity index (χ2n) is 9.97. The smallest absolute Gasteiger partial charge is 0.301 e. The van der Waals surface area contributed by atoms with Gasteiger partial charge in [-0.2, -0.15) is 0 Å². The number of Topliss-reactive ketones (excluding diaryl/α,β-unsaturated/α-hetero) is 1. The van der Waals surface area contributed by atoms with Crippen LogP contribution in [-0.4, -0.2) is 47.3 Å². The zero-order valence-corrected chi connectivity index (χ0v) is 25.0. The second kappa shape index (κ2) is 11.7. The highest BCUT2D eigenvalue weighted by atomic mass is 32.2. The van der Waals surface area contributed by atoms with E-state index in [1.54, 1.807) is 54.6 Å². The number of benzene rings is 3. The van der Waals surface area contributed by atoms with Gasteiger partial charge in [0.15, 0.2) is 15.8 Å². The molecule has 0 bridgehead atoms. The van der Waals surface area contributed by atoms with Gasteiger partial charge in [-0.05, 0) is 60.0 Å². The van der Waals surface area contributed by atoms with Crippen LogP contribution in [0.3, 0.4) is 0 Å². The van der Waals surface area contributed by atoms with Crippen molar-refractivity contribution in [2.75, 3.05) is 19.1 Å². The molecule has 0 spiro atoms. The standard InChI is InChI=1S/C31H26FN3O6S2/c1-16-12-20-13-18(9-10-22(20)41-16)27(36)25-26(17-8-11-23(39-2)24(14-17)40-3)35(29(38)28(25)37)30-33-34-31(43-30)42-15-19-6-4-5-7-21(19)32/h4-11,13-14,16,26,36H,12,15H2,1-3H3/b27-25+. The van der Waals surface area contributed by atoms with Crippen LogP contribution in [0.5, 0.6) is 17.2 Å². The van der Waals surface area contributed by atoms with E-state index in [1.165, 1.54) is 36.9 Å². The first kappa shape index (κ1) is 28.7. The third-order valence-electron chi connectivity index (χ3n) is 7.25. The zero-order chi connectivity index (χ0) is 30.2. The maximum absolute atomic E-state index is 14.2. The minimum Gasteiger partial charge on any atom is -0.507 e. The Bertz CT molecular complexity index is 1770. The Labute approximate surface area is 254 Å². The van der Waals surface area contributed by atoms with Crippen LogP contribution in [-0.2, 0) is 21.8 Å². The summed E-state index contributed by atoms with van der Waals surface area (Å²) in [6.07, 6.45) is 0.648. The predicted molar refractivity (Wildman–Crippen MR) is 160 cm³/mol. The first-order chi connectivity index (χ1) is 20.8. The molecule has 0 saturated carbocycles. The molecular formula is C31H26FN3O6S2. The Morgan fingerprint density at radius 2 is 1.88 bits per heavy atom. The van der Waals surface area contributed by atoms with Gasteiger partial charge in [0.1, 0.15) is 23.4 Å². The molecule has 2 aliphatic heterocycles. The molecule has 1 aromatic heterocycles. The number of hydrogen-bond donors (Lipinski definition) is 1. The number of carbonyl (C=O) groups is 2. The molecule has 1 saturated heterocycles. The molecule has 2 unspecified atom stereocenters. The summed E-state index contributed by atoms with van der Waals surface area (Å²) in [7, 11) is 2.99. The highest BCUT2D eigenvalue weighted by Crippen LogP contribution is 2.46. The number of fused-ring (bicyclic) bond motifs is 1. The van der Waals surface area contributed by atoms with E-state index in [1.807, 2.05) is 6.92 Å². The molecule has 43 heavy (non-hydrogen) atoms. The number of rotatable bonds is 8. The first-order valence-electron chi connectivity index (χ1n) is 13.3. The summed E-state index contributed by atoms with van der Waals surface area (Å²) in [4.78, 5) is 28.5. The van der Waals surface area contributed by atoms with Gasteiger partial charge in [-0.3, -0.25) is 14.5 Å². The van der Waals surface area contributed by atoms with Crippen molar-refractivity contribution < 1.29 is 33.3 Å². The van der Waals surface area contributed by atoms with Crippen LogP contribution in [0.15, 0.2) is 70.6 Å². The van der Waals surface area contributed by atoms with Gasteiger partial charge in [-0.25, -0.2) is 4.39 Å². The molecular weight excluding hydrogens is 593 g/mol. The summed E-state index contributed by atoms with van der Waals surface area (Å²) in [5.74, 6) is -0.506. The Morgan fingerprint density at radius 3 is 2.65 bits per heavy atom. The molecule has 1 fully saturated rings. The normalized spacial score (nSPS) is 18.9. The van der Waals surface area contributed by atoms with Gasteiger partial charge in [0, 0.05) is 17.7 Å². The maximum atomic E-state index is 14.2. The number of aromatic nitrogens is 2. The Balaban J connectivity index is 1.42. The van der Waals surface area contributed by atoms with Crippen LogP contribution in [0.4, 0.5) is 9.52 Å². The van der Waals surface area contributed by atoms with Crippen molar-refractivity contribution in [2.24, 2.45) is 0 Å². The fourth-order valence-electron chi connectivity index (χ4n) is 5.21. The molecule has 0 aliphatic carbocycles. The Hall–Kier alpha value is -4.42. The molecule has 2 atom stereocenters. The van der Waals surface area contributed by atoms with Gasteiger partial charge in [0.25, 0.3) is 5.78 Å². The van der Waals surface area contributed by atoms with Crippen molar-refractivity contribution in [3.8, 4) is 17.2 Å². The number of methoxy groups -OCH3 is 2. The molecule has 0 radical (unpaired) electrons. The van der Waals surface area contributed by atoms with Crippen molar-refractivity contribution in [1.29, 1.82) is 0 Å². The lowest BCUT2D eigenvalue weighted by Gasteiger charge is -2.23. The quantitative estimate of drug-likeness (QED) is 0.0843. The molecule has 3 aromatic carbocycles. The third kappa shape index (κ3) is 5.32. The van der Waals surface area contributed by atoms with E-state index < -0.39 is 17.7 Å². The van der Waals surface area contributed by atoms with E-state index in [9.17, 15) is 19.1 Å². The van der Waals surface area contributed by atoms with Gasteiger partial charge in [0.2, 0.25) is 5.13 Å². The topological polar surface area (TPSA) is 111 Å². The van der Waals surface area contributed by atoms with Crippen LogP contribution in [0.25, 0.3) is 5.76 Å². The highest BCUT2D eigenvalue weighted by Gasteiger charge is 2.48. The number of nitrogens with zero attached hydrogens (tertiary/aromatic N) is 3. The summed E-state index contributed by atoms with van der Waals surface area (Å²) in [6.45, 7) is 1.95. The lowest BCUT2D eigenvalue weighted by Crippen LogP contribution is -2.29. The second-order valence-corrected chi connectivity index (χ2v) is 12.1. The van der Waals surface area contributed by atoms with Gasteiger partial charge in [-0.1, -0.05) is 47.4 Å². The van der Waals surface area contributed by atoms with Crippen LogP contribution < -0.4 is 19.1 Å². The average Bonchev–Trinajstić information content (AvgIpc) is 3.70. The van der Waals surface area contributed by atoms with Crippen molar-refractivity contribution in [2.45, 2.75) is 35.6 Å². The first-order valence-corrected chi connectivity index (χ1v) is 15.1. The Kier molecular flexibility index (Phi) is 7.80. The van der Waals surface area contributed by atoms with Gasteiger partial charge in [-0.15, -0.1) is 10.2 Å². The lowest BCUT2D eigenvalue weighted by molar-refractivity contribution is -0.132. The fraction of sp³-hybridized carbons (Fsp3) is 0.226. The molecule has 4 aromatic rings. The van der Waals surface area contributed by atoms with Crippen LogP contribution >= 0.6 is 23.1 Å². The van der Waals surface area contributed by atoms with E-state index in [2.05, 4.69) is 10.2 Å². The van der Waals surface area contributed by atoms with Crippen LogP contribution in [0.1, 0.15) is 35.2 Å². The number of carbonyl (C=O) groups excluding carboxylic acids is 2. The minimum atomic E-state index is -1.04. The molecule has 2 aliphatic rings. The number of aliphatic hydroxyl groups is 1. The Morgan fingerprint density at radius 1 is 1.09 bits per heavy atom. The van der Waals surface area contributed by atoms with Crippen LogP contribution in [0.2, 0.25) is 0 Å². The minimum absolute atomic E-state index is 0.00686. The van der Waals surface area contributed by atoms with Crippen LogP contribution in [0, 0.1) is 5.82 Å². The van der Waals surface area contributed by atoms with E-state index in [0.29, 0.717) is 44.7 Å². The van der Waals surface area contributed by atoms with Crippen molar-refractivity contribution in [3.63, 3.8) is 0 Å². The van der Waals surface area contributed by atoms with Gasteiger partial charge >= 0.3 is 5.91 Å². The molecule has 220 valence electrons. The number of ether oxygens (including phenoxy) is 3. The monoisotopic (exact) mass is 619 g/mol. The van der Waals surface area contributed by atoms with E-state index in [0.717, 1.165) is 22.6 Å². The molecule has 1 N–H and O–H groups in total. The van der Waals surface area contributed by atoms with Gasteiger partial charge in [0.05, 0.1) is 25.8 Å². The summed E-state index contributed by atoms with van der Waals surface area (Å²) in [6, 6.07) is 15.6.